The fourth-order valence-electron chi connectivity index (χ4n) is 1.17. The van der Waals surface area contributed by atoms with Gasteiger partial charge in [0.1, 0.15) is 17.7 Å². The largest absolute Gasteiger partial charge is 0.326 e. The first-order chi connectivity index (χ1) is 7.04. The summed E-state index contributed by atoms with van der Waals surface area (Å²) in [7, 11) is 0. The van der Waals surface area contributed by atoms with Crippen molar-refractivity contribution < 1.29 is 14.4 Å². The maximum atomic E-state index is 11.4. The number of hydrogen-bond donors (Lipinski definition) is 3. The molecule has 0 aromatic rings. The van der Waals surface area contributed by atoms with E-state index >= 15 is 0 Å². The van der Waals surface area contributed by atoms with Gasteiger partial charge in [-0.05, 0) is 12.5 Å². The van der Waals surface area contributed by atoms with Crippen LogP contribution in [0.15, 0.2) is 5.70 Å². The van der Waals surface area contributed by atoms with E-state index < -0.39 is 18.0 Å². The summed E-state index contributed by atoms with van der Waals surface area (Å²) in [5.74, 6) is 1.36. The van der Waals surface area contributed by atoms with Crippen LogP contribution in [0.2, 0.25) is 0 Å². The van der Waals surface area contributed by atoms with Crippen molar-refractivity contribution in [3.8, 4) is 0 Å². The summed E-state index contributed by atoms with van der Waals surface area (Å²) in [4.78, 5) is 32.7. The first kappa shape index (κ1) is 11.4. The van der Waals surface area contributed by atoms with Crippen LogP contribution in [0.4, 0.5) is 4.79 Å². The second kappa shape index (κ2) is 4.72. The van der Waals surface area contributed by atoms with Gasteiger partial charge in [-0.2, -0.15) is 0 Å². The minimum atomic E-state index is -0.817. The molecule has 3 amide bonds. The summed E-state index contributed by atoms with van der Waals surface area (Å²) in [6, 6.07) is -1.51. The number of nitrogens with one attached hydrogen (secondary N) is 3. The molecule has 0 aliphatic carbocycles. The zero-order valence-electron chi connectivity index (χ0n) is 8.59. The van der Waals surface area contributed by atoms with Crippen molar-refractivity contribution >= 4 is 17.9 Å². The average Bonchev–Trinajstić information content (AvgIpc) is 2.14. The second-order valence-electron chi connectivity index (χ2n) is 3.69. The lowest BCUT2D eigenvalue weighted by Crippen LogP contribution is -2.59. The monoisotopic (exact) mass is 211 g/mol. The summed E-state index contributed by atoms with van der Waals surface area (Å²) in [6.45, 7) is 4.51. The lowest BCUT2D eigenvalue weighted by molar-refractivity contribution is -0.121. The normalized spacial score (nSPS) is 21.0. The number of hydrogen-bond acceptors (Lipinski definition) is 4. The van der Waals surface area contributed by atoms with Gasteiger partial charge in [0.25, 0.3) is 5.91 Å². The molecule has 1 fully saturated rings. The van der Waals surface area contributed by atoms with Crippen LogP contribution in [-0.4, -0.2) is 30.5 Å². The highest BCUT2D eigenvalue weighted by Gasteiger charge is 2.31. The molecule has 82 valence electrons. The molecular weight excluding hydrogens is 198 g/mol. The highest BCUT2D eigenvalue weighted by Crippen LogP contribution is 2.01. The van der Waals surface area contributed by atoms with Gasteiger partial charge in [0, 0.05) is 0 Å². The van der Waals surface area contributed by atoms with Gasteiger partial charge in [-0.25, -0.2) is 9.59 Å². The zero-order chi connectivity index (χ0) is 11.4. The third kappa shape index (κ3) is 2.90. The van der Waals surface area contributed by atoms with Crippen LogP contribution in [0.3, 0.4) is 0 Å². The summed E-state index contributed by atoms with van der Waals surface area (Å²) >= 11 is 0. The molecule has 0 aromatic heterocycles. The maximum Gasteiger partial charge on any atom is 0.326 e. The Morgan fingerprint density at radius 3 is 2.60 bits per heavy atom. The van der Waals surface area contributed by atoms with Gasteiger partial charge in [-0.15, -0.1) is 0 Å². The molecule has 0 bridgehead atoms. The maximum absolute atomic E-state index is 11.4. The van der Waals surface area contributed by atoms with E-state index in [9.17, 15) is 14.4 Å². The fraction of sp³-hybridized carbons (Fsp3) is 0.556. The molecule has 0 radical (unpaired) electrons. The van der Waals surface area contributed by atoms with E-state index in [0.717, 1.165) is 0 Å². The van der Waals surface area contributed by atoms with Gasteiger partial charge >= 0.3 is 6.03 Å². The van der Waals surface area contributed by atoms with Gasteiger partial charge in [-0.1, -0.05) is 13.8 Å². The number of rotatable bonds is 3. The van der Waals surface area contributed by atoms with Crippen LogP contribution in [0.25, 0.3) is 0 Å². The molecule has 6 heteroatoms. The molecule has 1 aliphatic heterocycles. The molecule has 1 heterocycles. The molecule has 3 N–H and O–H groups in total. The van der Waals surface area contributed by atoms with Gasteiger partial charge in [0.2, 0.25) is 0 Å². The first-order valence-corrected chi connectivity index (χ1v) is 4.64. The number of imide groups is 1. The van der Waals surface area contributed by atoms with Crippen molar-refractivity contribution in [2.75, 3.05) is 6.54 Å². The Balaban J connectivity index is 2.71. The summed E-state index contributed by atoms with van der Waals surface area (Å²) in [5.41, 5.74) is -0.0654. The summed E-state index contributed by atoms with van der Waals surface area (Å²) in [5, 5.41) is 7.16. The number of carbonyl (C=O) groups excluding carboxylic acids is 3. The minimum Gasteiger partial charge on any atom is -0.300 e. The van der Waals surface area contributed by atoms with Gasteiger partial charge in [0.15, 0.2) is 0 Å². The van der Waals surface area contributed by atoms with Gasteiger partial charge < -0.3 is 5.32 Å². The lowest BCUT2D eigenvalue weighted by Gasteiger charge is -2.24. The van der Waals surface area contributed by atoms with E-state index in [1.54, 1.807) is 5.94 Å². The number of carbonyl (C=O) groups is 2. The van der Waals surface area contributed by atoms with Crippen LogP contribution < -0.4 is 16.0 Å². The number of amides is 3. The molecule has 1 rings (SSSR count). The summed E-state index contributed by atoms with van der Waals surface area (Å²) in [6.07, 6.45) is 0. The summed E-state index contributed by atoms with van der Waals surface area (Å²) < 4.78 is 0. The molecular formula is C9H13N3O3. The van der Waals surface area contributed by atoms with Crippen LogP contribution in [0, 0.1) is 5.92 Å². The van der Waals surface area contributed by atoms with Crippen molar-refractivity contribution in [1.29, 1.82) is 0 Å². The molecule has 0 saturated carbocycles. The van der Waals surface area contributed by atoms with Crippen molar-refractivity contribution in [1.82, 2.24) is 16.0 Å². The van der Waals surface area contributed by atoms with E-state index in [0.29, 0.717) is 12.5 Å². The third-order valence-corrected chi connectivity index (χ3v) is 1.88. The van der Waals surface area contributed by atoms with E-state index in [2.05, 4.69) is 16.0 Å². The molecule has 15 heavy (non-hydrogen) atoms. The Morgan fingerprint density at radius 2 is 2.07 bits per heavy atom. The molecule has 1 unspecified atom stereocenters. The van der Waals surface area contributed by atoms with Crippen molar-refractivity contribution in [3.63, 3.8) is 0 Å². The quantitative estimate of drug-likeness (QED) is 0.531. The Labute approximate surface area is 87.1 Å². The smallest absolute Gasteiger partial charge is 0.300 e. The van der Waals surface area contributed by atoms with Crippen LogP contribution >= 0.6 is 0 Å². The molecule has 0 aromatic carbocycles. The first-order valence-electron chi connectivity index (χ1n) is 4.64. The standard InChI is InChI=1S/C9H13N3O3/c1-5(2)3-10-7-6(4-13)11-9(15)12-8(7)14/h5,7,10H,3H2,1-2H3,(H2,11,12,14,15). The Bertz CT molecular complexity index is 331. The highest BCUT2D eigenvalue weighted by molar-refractivity contribution is 6.04. The highest BCUT2D eigenvalue weighted by atomic mass is 16.2. The van der Waals surface area contributed by atoms with E-state index in [4.69, 9.17) is 0 Å². The zero-order valence-corrected chi connectivity index (χ0v) is 8.59. The third-order valence-electron chi connectivity index (χ3n) is 1.88. The van der Waals surface area contributed by atoms with E-state index in [1.165, 1.54) is 0 Å². The predicted octanol–water partition coefficient (Wildman–Crippen LogP) is -0.844. The van der Waals surface area contributed by atoms with E-state index in [1.807, 2.05) is 13.8 Å². The molecule has 1 saturated heterocycles. The SMILES string of the molecule is CC(C)CNC1C(=O)NC(=O)NC1=C=O. The van der Waals surface area contributed by atoms with Gasteiger partial charge in [0.05, 0.1) is 0 Å². The molecule has 1 aliphatic rings. The van der Waals surface area contributed by atoms with Crippen molar-refractivity contribution in [2.45, 2.75) is 19.9 Å². The topological polar surface area (TPSA) is 87.3 Å². The Hall–Kier alpha value is -1.65. The molecule has 1 atom stereocenters. The average molecular weight is 211 g/mol. The minimum absolute atomic E-state index is 0.0654. The van der Waals surface area contributed by atoms with Gasteiger partial charge in [-0.3, -0.25) is 15.4 Å². The molecule has 6 nitrogen and oxygen atoms in total. The Morgan fingerprint density at radius 1 is 1.40 bits per heavy atom. The van der Waals surface area contributed by atoms with Crippen molar-refractivity contribution in [2.24, 2.45) is 5.92 Å². The van der Waals surface area contributed by atoms with Crippen LogP contribution in [0.5, 0.6) is 0 Å². The van der Waals surface area contributed by atoms with Crippen LogP contribution in [-0.2, 0) is 9.59 Å². The number of urea groups is 1. The van der Waals surface area contributed by atoms with Crippen molar-refractivity contribution in [3.05, 3.63) is 5.70 Å². The van der Waals surface area contributed by atoms with E-state index in [-0.39, 0.29) is 5.70 Å². The Kier molecular flexibility index (Phi) is 3.60. The predicted molar refractivity (Wildman–Crippen MR) is 52.5 cm³/mol. The lowest BCUT2D eigenvalue weighted by atomic mass is 10.1. The second-order valence-corrected chi connectivity index (χ2v) is 3.69. The molecule has 0 spiro atoms. The fourth-order valence-corrected chi connectivity index (χ4v) is 1.17. The van der Waals surface area contributed by atoms with Crippen LogP contribution in [0.1, 0.15) is 13.8 Å².